The van der Waals surface area contributed by atoms with Crippen LogP contribution in [0.3, 0.4) is 0 Å². The first kappa shape index (κ1) is 45.0. The van der Waals surface area contributed by atoms with Crippen LogP contribution in [0.5, 0.6) is 0 Å². The first-order chi connectivity index (χ1) is 0. The van der Waals surface area contributed by atoms with Crippen LogP contribution in [0.2, 0.25) is 0 Å². The Hall–Kier alpha value is 4.81. The van der Waals surface area contributed by atoms with E-state index >= 15 is 0 Å². The van der Waals surface area contributed by atoms with Gasteiger partial charge in [-0.25, -0.2) is 0 Å². The number of rotatable bonds is 0. The fraction of sp³-hybridized carbons (Fsp3) is 0. The van der Waals surface area contributed by atoms with Gasteiger partial charge in [0.1, 0.15) is 0 Å². The van der Waals surface area contributed by atoms with Crippen molar-refractivity contribution >= 4 is 0 Å². The van der Waals surface area contributed by atoms with Crippen LogP contribution in [0, 0.1) is 119 Å². The van der Waals surface area contributed by atoms with E-state index in [1.807, 2.05) is 0 Å². The summed E-state index contributed by atoms with van der Waals surface area (Å²) in [5, 5.41) is 0. The van der Waals surface area contributed by atoms with Crippen molar-refractivity contribution in [3.05, 3.63) is 0 Å². The summed E-state index contributed by atoms with van der Waals surface area (Å²) in [6.07, 6.45) is 0. The molecule has 6 heavy (non-hydrogen) atoms. The van der Waals surface area contributed by atoms with Crippen LogP contribution in [0.1, 0.15) is 0 Å². The van der Waals surface area contributed by atoms with E-state index in [0.717, 1.165) is 0 Å². The Labute approximate surface area is 151 Å². The summed E-state index contributed by atoms with van der Waals surface area (Å²) in [4.78, 5) is 0. The van der Waals surface area contributed by atoms with Gasteiger partial charge in [0.2, 0.25) is 0 Å². The zero-order valence-corrected chi connectivity index (χ0v) is 15.5. The van der Waals surface area contributed by atoms with Crippen LogP contribution in [-0.2, 0) is 0 Å². The molecule has 0 saturated carbocycles. The Balaban J connectivity index is 0. The monoisotopic (exact) mass is 525 g/mol. The van der Waals surface area contributed by atoms with Crippen molar-refractivity contribution < 1.29 is 156 Å². The van der Waals surface area contributed by atoms with Gasteiger partial charge in [-0.1, -0.05) is 0 Å². The van der Waals surface area contributed by atoms with E-state index in [0.29, 0.717) is 0 Å². The maximum absolute atomic E-state index is 0. The summed E-state index contributed by atoms with van der Waals surface area (Å²) in [5.41, 5.74) is 0. The smallest absolute Gasteiger partial charge is 1.00 e. The van der Waals surface area contributed by atoms with Gasteiger partial charge in [-0.05, 0) is 0 Å². The first-order valence-electron chi connectivity index (χ1n) is 0. The Bertz CT molecular complexity index is 10.8. The molecule has 0 fully saturated rings. The van der Waals surface area contributed by atoms with Crippen molar-refractivity contribution in [2.45, 2.75) is 0 Å². The molecule has 0 aromatic carbocycles. The van der Waals surface area contributed by atoms with E-state index in [1.54, 1.807) is 0 Å². The van der Waals surface area contributed by atoms with Gasteiger partial charge >= 0.3 is 119 Å². The van der Waals surface area contributed by atoms with Gasteiger partial charge in [-0.3, -0.25) is 0 Å². The molecule has 0 nitrogen and oxygen atoms in total. The largest absolute Gasteiger partial charge is 3.00 e. The van der Waals surface area contributed by atoms with Gasteiger partial charge in [-0.2, -0.15) is 0 Å². The maximum atomic E-state index is 0. The van der Waals surface area contributed by atoms with Gasteiger partial charge in [-0.15, -0.1) is 0 Å². The second kappa shape index (κ2) is 32.9. The Morgan fingerprint density at radius 2 is 0.667 bits per heavy atom. The summed E-state index contributed by atoms with van der Waals surface area (Å²) in [5.74, 6) is 0. The molecule has 0 aromatic heterocycles. The van der Waals surface area contributed by atoms with Crippen LogP contribution in [0.15, 0.2) is 0 Å². The molecular formula is CeCl3LaPr+6. The van der Waals surface area contributed by atoms with Crippen molar-refractivity contribution in [3.8, 4) is 0 Å². The van der Waals surface area contributed by atoms with Crippen molar-refractivity contribution in [3.63, 3.8) is 0 Å². The minimum absolute atomic E-state index is 0. The topological polar surface area (TPSA) is 0 Å². The number of hydrogen-bond acceptors (Lipinski definition) is 0. The van der Waals surface area contributed by atoms with Crippen molar-refractivity contribution in [1.29, 1.82) is 0 Å². The fourth-order valence-corrected chi connectivity index (χ4v) is 0. The van der Waals surface area contributed by atoms with Crippen molar-refractivity contribution in [2.75, 3.05) is 0 Å². The summed E-state index contributed by atoms with van der Waals surface area (Å²) in [6, 6.07) is 0. The molecular weight excluding hydrogens is 526 g/mol. The molecule has 6 heteroatoms. The normalized spacial score (nSPS) is 0. The predicted molar refractivity (Wildman–Crippen MR) is 0 cm³/mol. The molecule has 0 saturated heterocycles. The molecule has 0 aliphatic heterocycles. The van der Waals surface area contributed by atoms with E-state index < -0.39 is 0 Å². The molecule has 0 spiro atoms. The Morgan fingerprint density at radius 3 is 0.667 bits per heavy atom. The number of halogens is 3. The van der Waals surface area contributed by atoms with Gasteiger partial charge in [0, 0.05) is 0 Å². The van der Waals surface area contributed by atoms with Gasteiger partial charge in [0.25, 0.3) is 0 Å². The predicted octanol–water partition coefficient (Wildman–Crippen LogP) is -8.99. The quantitative estimate of drug-likeness (QED) is 0.295. The van der Waals surface area contributed by atoms with E-state index in [4.69, 9.17) is 0 Å². The zero-order valence-electron chi connectivity index (χ0n) is 2.79. The molecule has 0 rings (SSSR count). The minimum atomic E-state index is 0. The maximum Gasteiger partial charge on any atom is 3.00 e. The molecule has 0 bridgehead atoms. The number of hydrogen-bond donors (Lipinski definition) is 0. The molecule has 0 amide bonds. The molecule has 0 atom stereocenters. The van der Waals surface area contributed by atoms with Crippen LogP contribution < -0.4 is 37.2 Å². The SMILES string of the molecule is [Ce+3].[Cl-].[Cl-].[Cl-].[La+3].[Pr+3]. The van der Waals surface area contributed by atoms with E-state index in [1.165, 1.54) is 0 Å². The molecule has 0 unspecified atom stereocenters. The molecule has 0 N–H and O–H groups in total. The molecule has 0 heterocycles. The average Bonchev–Trinajstić information content (AvgIpc) is 0. The Morgan fingerprint density at radius 1 is 0.667 bits per heavy atom. The van der Waals surface area contributed by atoms with Gasteiger partial charge < -0.3 is 37.2 Å². The van der Waals surface area contributed by atoms with Gasteiger partial charge in [0.15, 0.2) is 0 Å². The van der Waals surface area contributed by atoms with Crippen LogP contribution in [-0.4, -0.2) is 0 Å². The molecule has 0 aliphatic rings. The molecule has 25 valence electrons. The zero-order chi connectivity index (χ0) is 0. The van der Waals surface area contributed by atoms with Gasteiger partial charge in [0.05, 0.1) is 0 Å². The standard InChI is InChI=1S/Ce.3ClH.La.Pr/h;3*1H;;/q+3;;;;2*+3/p-3. The second-order valence-corrected chi connectivity index (χ2v) is 0. The fourth-order valence-electron chi connectivity index (χ4n) is 0. The molecule has 0 aromatic rings. The minimum Gasteiger partial charge on any atom is -1.00 e. The Kier molecular flexibility index (Phi) is 247. The van der Waals surface area contributed by atoms with E-state index in [-0.39, 0.29) is 156 Å². The first-order valence-corrected chi connectivity index (χ1v) is 0. The van der Waals surface area contributed by atoms with E-state index in [9.17, 15) is 0 Å². The summed E-state index contributed by atoms with van der Waals surface area (Å²) in [6.45, 7) is 0. The van der Waals surface area contributed by atoms with E-state index in [2.05, 4.69) is 0 Å². The third-order valence-electron chi connectivity index (χ3n) is 0. The van der Waals surface area contributed by atoms with Crippen LogP contribution in [0.4, 0.5) is 0 Å². The summed E-state index contributed by atoms with van der Waals surface area (Å²) >= 11 is 0. The second-order valence-electron chi connectivity index (χ2n) is 0. The molecule has 1 radical (unpaired) electrons. The third-order valence-corrected chi connectivity index (χ3v) is 0. The van der Waals surface area contributed by atoms with Crippen molar-refractivity contribution in [2.24, 2.45) is 0 Å². The van der Waals surface area contributed by atoms with Crippen LogP contribution in [0.25, 0.3) is 0 Å². The summed E-state index contributed by atoms with van der Waals surface area (Å²) < 4.78 is 0. The molecule has 0 aliphatic carbocycles. The van der Waals surface area contributed by atoms with Crippen LogP contribution >= 0.6 is 0 Å². The third kappa shape index (κ3) is 23.2. The summed E-state index contributed by atoms with van der Waals surface area (Å²) in [7, 11) is 0. The average molecular weight is 526 g/mol. The van der Waals surface area contributed by atoms with Crippen molar-refractivity contribution in [1.82, 2.24) is 0 Å².